The maximum atomic E-state index is 10.3. The summed E-state index contributed by atoms with van der Waals surface area (Å²) in [4.78, 5) is 10.3. The van der Waals surface area contributed by atoms with E-state index in [0.29, 0.717) is 12.4 Å². The molecule has 1 aromatic rings. The molecule has 0 saturated carbocycles. The molecule has 0 amide bonds. The fourth-order valence-electron chi connectivity index (χ4n) is 0.906. The lowest BCUT2D eigenvalue weighted by Gasteiger charge is -2.05. The average Bonchev–Trinajstić information content (AvgIpc) is 2.15. The highest BCUT2D eigenvalue weighted by atomic mass is 16.5. The van der Waals surface area contributed by atoms with Crippen LogP contribution in [0.25, 0.3) is 0 Å². The van der Waals surface area contributed by atoms with E-state index >= 15 is 0 Å². The molecular formula is C9H11NO3. The Morgan fingerprint density at radius 1 is 1.54 bits per heavy atom. The number of ether oxygens (including phenoxy) is 1. The van der Waals surface area contributed by atoms with Gasteiger partial charge in [-0.1, -0.05) is 6.92 Å². The largest absolute Gasteiger partial charge is 0.508 e. The van der Waals surface area contributed by atoms with Gasteiger partial charge in [-0.05, 0) is 23.7 Å². The average molecular weight is 181 g/mol. The first-order valence-electron chi connectivity index (χ1n) is 4.07. The fraction of sp³-hybridized carbons (Fsp3) is 0.333. The van der Waals surface area contributed by atoms with Crippen molar-refractivity contribution >= 4 is 5.69 Å². The zero-order valence-electron chi connectivity index (χ0n) is 7.36. The molecule has 13 heavy (non-hydrogen) atoms. The predicted octanol–water partition coefficient (Wildman–Crippen LogP) is 2.58. The third-order valence-electron chi connectivity index (χ3n) is 1.50. The van der Waals surface area contributed by atoms with E-state index in [-0.39, 0.29) is 11.4 Å². The van der Waals surface area contributed by atoms with Crippen LogP contribution >= 0.6 is 0 Å². The predicted molar refractivity (Wildman–Crippen MR) is 49.3 cm³/mol. The number of phenols is 1. The molecule has 1 N–H and O–H groups in total. The summed E-state index contributed by atoms with van der Waals surface area (Å²) in [6.45, 7) is 2.46. The van der Waals surface area contributed by atoms with Gasteiger partial charge in [-0.15, -0.1) is 4.91 Å². The molecule has 0 atom stereocenters. The van der Waals surface area contributed by atoms with Gasteiger partial charge in [-0.3, -0.25) is 0 Å². The number of nitroso groups, excluding NO2 is 1. The molecule has 1 rings (SSSR count). The van der Waals surface area contributed by atoms with Gasteiger partial charge in [0.15, 0.2) is 5.75 Å². The Labute approximate surface area is 76.1 Å². The number of nitrogens with zero attached hydrogens (tertiary/aromatic N) is 1. The Balaban J connectivity index is 2.87. The molecule has 1 aromatic carbocycles. The van der Waals surface area contributed by atoms with Crippen molar-refractivity contribution in [2.24, 2.45) is 5.18 Å². The molecule has 0 aliphatic heterocycles. The van der Waals surface area contributed by atoms with E-state index in [9.17, 15) is 4.91 Å². The second-order valence-corrected chi connectivity index (χ2v) is 2.59. The highest BCUT2D eigenvalue weighted by Crippen LogP contribution is 2.30. The van der Waals surface area contributed by atoms with Gasteiger partial charge in [0.1, 0.15) is 11.4 Å². The zero-order chi connectivity index (χ0) is 9.68. The molecular weight excluding hydrogens is 170 g/mol. The highest BCUT2D eigenvalue weighted by molar-refractivity contribution is 5.54. The molecule has 0 aromatic heterocycles. The first-order chi connectivity index (χ1) is 6.27. The fourth-order valence-corrected chi connectivity index (χ4v) is 0.906. The summed E-state index contributed by atoms with van der Waals surface area (Å²) >= 11 is 0. The van der Waals surface area contributed by atoms with Gasteiger partial charge in [-0.25, -0.2) is 0 Å². The topological polar surface area (TPSA) is 58.9 Å². The Morgan fingerprint density at radius 3 is 2.92 bits per heavy atom. The molecule has 4 nitrogen and oxygen atoms in total. The molecule has 0 heterocycles. The quantitative estimate of drug-likeness (QED) is 0.726. The van der Waals surface area contributed by atoms with Crippen LogP contribution in [0.1, 0.15) is 13.3 Å². The van der Waals surface area contributed by atoms with Crippen LogP contribution in [0.15, 0.2) is 23.4 Å². The van der Waals surface area contributed by atoms with Gasteiger partial charge in [0.25, 0.3) is 0 Å². The number of phenolic OH excluding ortho intramolecular Hbond substituents is 1. The third-order valence-corrected chi connectivity index (χ3v) is 1.50. The number of benzene rings is 1. The maximum absolute atomic E-state index is 10.3. The van der Waals surface area contributed by atoms with Crippen LogP contribution < -0.4 is 4.74 Å². The summed E-state index contributed by atoms with van der Waals surface area (Å²) in [5.41, 5.74) is 0.214. The van der Waals surface area contributed by atoms with Crippen LogP contribution in [0.3, 0.4) is 0 Å². The molecule has 0 fully saturated rings. The van der Waals surface area contributed by atoms with Gasteiger partial charge < -0.3 is 9.84 Å². The Bertz CT molecular complexity index is 299. The first kappa shape index (κ1) is 9.51. The third kappa shape index (κ3) is 2.43. The van der Waals surface area contributed by atoms with Crippen molar-refractivity contribution in [3.05, 3.63) is 23.1 Å². The lowest BCUT2D eigenvalue weighted by molar-refractivity contribution is 0.316. The second-order valence-electron chi connectivity index (χ2n) is 2.59. The summed E-state index contributed by atoms with van der Waals surface area (Å²) in [6, 6.07) is 4.20. The van der Waals surface area contributed by atoms with Crippen LogP contribution in [-0.4, -0.2) is 11.7 Å². The van der Waals surface area contributed by atoms with Gasteiger partial charge in [0.2, 0.25) is 0 Å². The van der Waals surface area contributed by atoms with Crippen molar-refractivity contribution in [2.75, 3.05) is 6.61 Å². The smallest absolute Gasteiger partial charge is 0.152 e. The van der Waals surface area contributed by atoms with E-state index < -0.39 is 0 Å². The maximum Gasteiger partial charge on any atom is 0.152 e. The summed E-state index contributed by atoms with van der Waals surface area (Å²) in [7, 11) is 0. The lowest BCUT2D eigenvalue weighted by Crippen LogP contribution is -1.94. The minimum absolute atomic E-state index is 0.0681. The molecule has 0 radical (unpaired) electrons. The van der Waals surface area contributed by atoms with Gasteiger partial charge in [0.05, 0.1) is 6.61 Å². The van der Waals surface area contributed by atoms with Crippen molar-refractivity contribution in [3.8, 4) is 11.5 Å². The highest BCUT2D eigenvalue weighted by Gasteiger charge is 2.04. The molecule has 0 saturated heterocycles. The van der Waals surface area contributed by atoms with Crippen molar-refractivity contribution < 1.29 is 9.84 Å². The lowest BCUT2D eigenvalue weighted by atomic mass is 10.3. The Hall–Kier alpha value is -1.58. The summed E-state index contributed by atoms with van der Waals surface area (Å²) in [5, 5.41) is 11.9. The molecule has 0 bridgehead atoms. The van der Waals surface area contributed by atoms with Crippen LogP contribution in [-0.2, 0) is 0 Å². The van der Waals surface area contributed by atoms with Crippen LogP contribution in [0.2, 0.25) is 0 Å². The van der Waals surface area contributed by atoms with Gasteiger partial charge in [0, 0.05) is 6.07 Å². The number of rotatable bonds is 4. The van der Waals surface area contributed by atoms with Crippen molar-refractivity contribution in [3.63, 3.8) is 0 Å². The van der Waals surface area contributed by atoms with Crippen molar-refractivity contribution in [1.29, 1.82) is 0 Å². The van der Waals surface area contributed by atoms with Gasteiger partial charge >= 0.3 is 0 Å². The first-order valence-corrected chi connectivity index (χ1v) is 4.07. The summed E-state index contributed by atoms with van der Waals surface area (Å²) in [6.07, 6.45) is 0.841. The minimum atomic E-state index is 0.0681. The van der Waals surface area contributed by atoms with Crippen LogP contribution in [0, 0.1) is 4.91 Å². The Kier molecular flexibility index (Phi) is 3.25. The van der Waals surface area contributed by atoms with E-state index in [1.165, 1.54) is 18.2 Å². The van der Waals surface area contributed by atoms with E-state index in [0.717, 1.165) is 6.42 Å². The van der Waals surface area contributed by atoms with E-state index in [4.69, 9.17) is 9.84 Å². The SMILES string of the molecule is CCCOc1cc(O)ccc1N=O. The zero-order valence-corrected chi connectivity index (χ0v) is 7.36. The molecule has 0 aliphatic rings. The van der Waals surface area contributed by atoms with Gasteiger partial charge in [-0.2, -0.15) is 0 Å². The van der Waals surface area contributed by atoms with E-state index in [2.05, 4.69) is 5.18 Å². The number of aromatic hydroxyl groups is 1. The van der Waals surface area contributed by atoms with E-state index in [1.807, 2.05) is 6.92 Å². The number of hydrogen-bond acceptors (Lipinski definition) is 4. The molecule has 0 unspecified atom stereocenters. The molecule has 70 valence electrons. The normalized spacial score (nSPS) is 9.62. The summed E-state index contributed by atoms with van der Waals surface area (Å²) in [5.74, 6) is 0.398. The molecule has 0 spiro atoms. The molecule has 4 heteroatoms. The second kappa shape index (κ2) is 4.45. The Morgan fingerprint density at radius 2 is 2.31 bits per heavy atom. The molecule has 0 aliphatic carbocycles. The van der Waals surface area contributed by atoms with Crippen molar-refractivity contribution in [1.82, 2.24) is 0 Å². The van der Waals surface area contributed by atoms with Crippen LogP contribution in [0.4, 0.5) is 5.69 Å². The monoisotopic (exact) mass is 181 g/mol. The van der Waals surface area contributed by atoms with Crippen LogP contribution in [0.5, 0.6) is 11.5 Å². The van der Waals surface area contributed by atoms with Crippen molar-refractivity contribution in [2.45, 2.75) is 13.3 Å². The summed E-state index contributed by atoms with van der Waals surface area (Å²) < 4.78 is 5.20. The number of hydrogen-bond donors (Lipinski definition) is 1. The minimum Gasteiger partial charge on any atom is -0.508 e. The van der Waals surface area contributed by atoms with E-state index in [1.54, 1.807) is 0 Å². The standard InChI is InChI=1S/C9H11NO3/c1-2-5-13-9-6-7(11)3-4-8(9)10-12/h3-4,6,11H,2,5H2,1H3.